The molecule has 0 atom stereocenters. The minimum Gasteiger partial charge on any atom is -0.383 e. The second-order valence-electron chi connectivity index (χ2n) is 3.33. The van der Waals surface area contributed by atoms with Gasteiger partial charge in [0.05, 0.1) is 5.56 Å². The molecule has 0 bridgehead atoms. The van der Waals surface area contributed by atoms with Crippen LogP contribution in [0.25, 0.3) is 0 Å². The monoisotopic (exact) mass is 321 g/mol. The second kappa shape index (κ2) is 5.25. The van der Waals surface area contributed by atoms with Crippen LogP contribution in [-0.4, -0.2) is 9.97 Å². The van der Waals surface area contributed by atoms with E-state index in [0.29, 0.717) is 22.4 Å². The Bertz CT molecular complexity index is 618. The third kappa shape index (κ3) is 2.72. The first kappa shape index (κ1) is 12.7. The number of nitriles is 1. The van der Waals surface area contributed by atoms with Crippen LogP contribution in [0.2, 0.25) is 0 Å². The average molecular weight is 322 g/mol. The van der Waals surface area contributed by atoms with E-state index in [4.69, 9.17) is 16.7 Å². The van der Waals surface area contributed by atoms with Crippen LogP contribution in [0, 0.1) is 11.3 Å². The van der Waals surface area contributed by atoms with Gasteiger partial charge in [0, 0.05) is 15.4 Å². The van der Waals surface area contributed by atoms with Crippen LogP contribution in [0.1, 0.15) is 5.56 Å². The van der Waals surface area contributed by atoms with Gasteiger partial charge in [0.25, 0.3) is 0 Å². The first-order valence-electron chi connectivity index (χ1n) is 4.86. The number of halogens is 1. The molecule has 5 nitrogen and oxygen atoms in total. The summed E-state index contributed by atoms with van der Waals surface area (Å²) in [4.78, 5) is 8.87. The van der Waals surface area contributed by atoms with Gasteiger partial charge in [-0.2, -0.15) is 5.26 Å². The summed E-state index contributed by atoms with van der Waals surface area (Å²) in [6, 6.07) is 9.07. The Morgan fingerprint density at radius 3 is 2.50 bits per heavy atom. The Morgan fingerprint density at radius 1 is 1.22 bits per heavy atom. The van der Waals surface area contributed by atoms with E-state index in [1.54, 1.807) is 6.07 Å². The molecule has 0 aliphatic rings. The van der Waals surface area contributed by atoms with Crippen molar-refractivity contribution in [3.63, 3.8) is 0 Å². The van der Waals surface area contributed by atoms with Crippen LogP contribution in [0.15, 0.2) is 38.8 Å². The largest absolute Gasteiger partial charge is 0.383 e. The quantitative estimate of drug-likeness (QED) is 0.823. The average Bonchev–Trinajstić information content (AvgIpc) is 2.27. The van der Waals surface area contributed by atoms with Gasteiger partial charge in [0.2, 0.25) is 0 Å². The van der Waals surface area contributed by atoms with Crippen LogP contribution < -0.4 is 11.5 Å². The predicted molar refractivity (Wildman–Crippen MR) is 73.8 cm³/mol. The SMILES string of the molecule is N#Cc1c(Br)cccc1Sc1nc(N)cc(N)n1. The lowest BCUT2D eigenvalue weighted by atomic mass is 10.2. The highest BCUT2D eigenvalue weighted by Gasteiger charge is 2.10. The molecule has 4 N–H and O–H groups in total. The van der Waals surface area contributed by atoms with Crippen LogP contribution in [0.3, 0.4) is 0 Å². The highest BCUT2D eigenvalue weighted by molar-refractivity contribution is 9.10. The van der Waals surface area contributed by atoms with Crippen LogP contribution >= 0.6 is 27.7 Å². The number of hydrogen-bond acceptors (Lipinski definition) is 6. The Hall–Kier alpha value is -1.78. The van der Waals surface area contributed by atoms with Crippen molar-refractivity contribution in [3.05, 3.63) is 34.3 Å². The maximum Gasteiger partial charge on any atom is 0.196 e. The van der Waals surface area contributed by atoms with Crippen molar-refractivity contribution in [2.24, 2.45) is 0 Å². The number of rotatable bonds is 2. The molecule has 2 rings (SSSR count). The second-order valence-corrected chi connectivity index (χ2v) is 5.19. The molecule has 90 valence electrons. The molecule has 1 heterocycles. The van der Waals surface area contributed by atoms with Gasteiger partial charge in [-0.05, 0) is 39.8 Å². The summed E-state index contributed by atoms with van der Waals surface area (Å²) in [5, 5.41) is 9.52. The number of nitrogen functional groups attached to an aromatic ring is 2. The fraction of sp³-hybridized carbons (Fsp3) is 0. The summed E-state index contributed by atoms with van der Waals surface area (Å²) >= 11 is 4.57. The molecule has 2 aromatic rings. The number of hydrogen-bond donors (Lipinski definition) is 2. The van der Waals surface area contributed by atoms with E-state index in [2.05, 4.69) is 32.0 Å². The van der Waals surface area contributed by atoms with Crippen molar-refractivity contribution in [3.8, 4) is 6.07 Å². The normalized spacial score (nSPS) is 10.0. The molecule has 0 fully saturated rings. The van der Waals surface area contributed by atoms with Gasteiger partial charge in [-0.25, -0.2) is 9.97 Å². The molecule has 18 heavy (non-hydrogen) atoms. The van der Waals surface area contributed by atoms with Gasteiger partial charge in [-0.3, -0.25) is 0 Å². The van der Waals surface area contributed by atoms with Crippen molar-refractivity contribution in [2.75, 3.05) is 11.5 Å². The van der Waals surface area contributed by atoms with E-state index in [9.17, 15) is 0 Å². The zero-order valence-electron chi connectivity index (χ0n) is 9.09. The van der Waals surface area contributed by atoms with Gasteiger partial charge < -0.3 is 11.5 Å². The first-order chi connectivity index (χ1) is 8.60. The van der Waals surface area contributed by atoms with Crippen molar-refractivity contribution >= 4 is 39.3 Å². The number of aromatic nitrogens is 2. The van der Waals surface area contributed by atoms with E-state index < -0.39 is 0 Å². The molecule has 1 aromatic carbocycles. The molecule has 1 aromatic heterocycles. The van der Waals surface area contributed by atoms with Gasteiger partial charge in [-0.1, -0.05) is 6.07 Å². The summed E-state index contributed by atoms with van der Waals surface area (Å²) in [5.41, 5.74) is 11.7. The number of nitrogens with zero attached hydrogens (tertiary/aromatic N) is 3. The van der Waals surface area contributed by atoms with Crippen LogP contribution in [0.4, 0.5) is 11.6 Å². The molecule has 7 heteroatoms. The molecule has 0 radical (unpaired) electrons. The van der Waals surface area contributed by atoms with E-state index in [0.717, 1.165) is 9.37 Å². The third-order valence-corrected chi connectivity index (χ3v) is 3.62. The molecule has 0 aliphatic carbocycles. The Labute approximate surface area is 116 Å². The lowest BCUT2D eigenvalue weighted by Gasteiger charge is -2.05. The minimum absolute atomic E-state index is 0.304. The molecular formula is C11H8BrN5S. The highest BCUT2D eigenvalue weighted by Crippen LogP contribution is 2.32. The molecule has 0 aliphatic heterocycles. The van der Waals surface area contributed by atoms with Crippen molar-refractivity contribution < 1.29 is 0 Å². The zero-order valence-corrected chi connectivity index (χ0v) is 11.5. The molecule has 0 saturated heterocycles. The van der Waals surface area contributed by atoms with Gasteiger partial charge >= 0.3 is 0 Å². The maximum absolute atomic E-state index is 9.10. The summed E-state index contributed by atoms with van der Waals surface area (Å²) in [6.07, 6.45) is 0. The van der Waals surface area contributed by atoms with Crippen LogP contribution in [0.5, 0.6) is 0 Å². The zero-order chi connectivity index (χ0) is 13.1. The Kier molecular flexibility index (Phi) is 3.69. The van der Waals surface area contributed by atoms with Gasteiger partial charge in [-0.15, -0.1) is 0 Å². The number of anilines is 2. The predicted octanol–water partition coefficient (Wildman–Crippen LogP) is 2.43. The number of nitrogens with two attached hydrogens (primary N) is 2. The first-order valence-corrected chi connectivity index (χ1v) is 6.47. The highest BCUT2D eigenvalue weighted by atomic mass is 79.9. The lowest BCUT2D eigenvalue weighted by molar-refractivity contribution is 0.984. The van der Waals surface area contributed by atoms with Crippen molar-refractivity contribution in [2.45, 2.75) is 10.1 Å². The topological polar surface area (TPSA) is 102 Å². The number of benzene rings is 1. The van der Waals surface area contributed by atoms with Gasteiger partial charge in [0.15, 0.2) is 5.16 Å². The summed E-state index contributed by atoms with van der Waals surface area (Å²) < 4.78 is 0.729. The van der Waals surface area contributed by atoms with E-state index >= 15 is 0 Å². The molecule has 0 unspecified atom stereocenters. The van der Waals surface area contributed by atoms with Crippen LogP contribution in [-0.2, 0) is 0 Å². The molecule has 0 saturated carbocycles. The summed E-state index contributed by atoms with van der Waals surface area (Å²) in [6.45, 7) is 0. The summed E-state index contributed by atoms with van der Waals surface area (Å²) in [7, 11) is 0. The van der Waals surface area contributed by atoms with E-state index in [-0.39, 0.29) is 0 Å². The maximum atomic E-state index is 9.10. The smallest absolute Gasteiger partial charge is 0.196 e. The van der Waals surface area contributed by atoms with Crippen molar-refractivity contribution in [1.29, 1.82) is 5.26 Å². The fourth-order valence-corrected chi connectivity index (χ4v) is 2.79. The molecule has 0 spiro atoms. The van der Waals surface area contributed by atoms with Crippen molar-refractivity contribution in [1.82, 2.24) is 9.97 Å². The van der Waals surface area contributed by atoms with E-state index in [1.165, 1.54) is 17.8 Å². The van der Waals surface area contributed by atoms with Gasteiger partial charge in [0.1, 0.15) is 17.7 Å². The Morgan fingerprint density at radius 2 is 1.89 bits per heavy atom. The lowest BCUT2D eigenvalue weighted by Crippen LogP contribution is -1.99. The van der Waals surface area contributed by atoms with E-state index in [1.807, 2.05) is 12.1 Å². The molecule has 0 amide bonds. The fourth-order valence-electron chi connectivity index (χ4n) is 1.30. The summed E-state index contributed by atoms with van der Waals surface area (Å²) in [5.74, 6) is 0.608. The standard InChI is InChI=1S/C11H8BrN5S/c12-7-2-1-3-8(6(7)5-13)18-11-16-9(14)4-10(15)17-11/h1-4H,(H4,14,15,16,17). The molecular weight excluding hydrogens is 314 g/mol. The minimum atomic E-state index is 0.304. The third-order valence-electron chi connectivity index (χ3n) is 2.03. The Balaban J connectivity index is 2.40.